The maximum atomic E-state index is 12.7. The largest absolute Gasteiger partial charge is 0.409 e. The Kier molecular flexibility index (Phi) is 6.29. The molecule has 1 amide bonds. The van der Waals surface area contributed by atoms with Crippen molar-refractivity contribution in [1.29, 1.82) is 0 Å². The van der Waals surface area contributed by atoms with Crippen LogP contribution in [0.25, 0.3) is 0 Å². The molecule has 8 heteroatoms. The van der Waals surface area contributed by atoms with Gasteiger partial charge in [-0.3, -0.25) is 4.79 Å². The maximum absolute atomic E-state index is 12.7. The predicted molar refractivity (Wildman–Crippen MR) is 71.8 cm³/mol. The van der Waals surface area contributed by atoms with Gasteiger partial charge in [-0.1, -0.05) is 18.5 Å². The number of carbonyl (C=O) groups excluding carboxylic acids is 1. The second-order valence-corrected chi connectivity index (χ2v) is 5.51. The predicted octanol–water partition coefficient (Wildman–Crippen LogP) is 2.39. The maximum Gasteiger partial charge on any atom is 0.391 e. The van der Waals surface area contributed by atoms with E-state index in [4.69, 9.17) is 10.9 Å². The summed E-state index contributed by atoms with van der Waals surface area (Å²) >= 11 is 0. The molecule has 1 aliphatic carbocycles. The van der Waals surface area contributed by atoms with Crippen LogP contribution in [0.5, 0.6) is 0 Å². The molecule has 0 aromatic heterocycles. The first-order valence-corrected chi connectivity index (χ1v) is 7.11. The number of carbonyl (C=O) groups is 1. The number of amides is 1. The number of amidine groups is 1. The van der Waals surface area contributed by atoms with Gasteiger partial charge < -0.3 is 16.3 Å². The van der Waals surface area contributed by atoms with Gasteiger partial charge in [0.15, 0.2) is 0 Å². The Morgan fingerprint density at radius 2 is 2.14 bits per heavy atom. The molecule has 1 fully saturated rings. The Balaban J connectivity index is 2.57. The molecule has 1 aliphatic rings. The van der Waals surface area contributed by atoms with Crippen LogP contribution in [-0.2, 0) is 4.79 Å². The molecule has 0 radical (unpaired) electrons. The molecule has 0 aliphatic heterocycles. The van der Waals surface area contributed by atoms with Gasteiger partial charge >= 0.3 is 6.18 Å². The number of oxime groups is 1. The number of nitrogens with two attached hydrogens (primary N) is 1. The summed E-state index contributed by atoms with van der Waals surface area (Å²) in [6.07, 6.45) is -2.70. The number of nitrogens with zero attached hydrogens (tertiary/aromatic N) is 1. The lowest BCUT2D eigenvalue weighted by Crippen LogP contribution is -2.43. The van der Waals surface area contributed by atoms with Crippen molar-refractivity contribution in [2.45, 2.75) is 57.7 Å². The summed E-state index contributed by atoms with van der Waals surface area (Å²) in [7, 11) is 0. The highest BCUT2D eigenvalue weighted by Gasteiger charge is 2.43. The van der Waals surface area contributed by atoms with Gasteiger partial charge in [0, 0.05) is 18.4 Å². The first kappa shape index (κ1) is 17.6. The second kappa shape index (κ2) is 7.51. The van der Waals surface area contributed by atoms with E-state index in [1.54, 1.807) is 0 Å². The average Bonchev–Trinajstić information content (AvgIpc) is 2.45. The topological polar surface area (TPSA) is 87.7 Å². The van der Waals surface area contributed by atoms with Crippen LogP contribution in [0.3, 0.4) is 0 Å². The fourth-order valence-electron chi connectivity index (χ4n) is 2.63. The van der Waals surface area contributed by atoms with Gasteiger partial charge in [0.1, 0.15) is 5.84 Å². The molecule has 0 aromatic rings. The SMILES string of the molecule is CCC(CC(N)=NO)NC(=O)C1CCCC(C(F)(F)F)C1. The average molecular weight is 309 g/mol. The van der Waals surface area contributed by atoms with Crippen molar-refractivity contribution in [3.63, 3.8) is 0 Å². The van der Waals surface area contributed by atoms with Crippen LogP contribution in [-0.4, -0.2) is 29.2 Å². The monoisotopic (exact) mass is 309 g/mol. The molecule has 0 saturated heterocycles. The van der Waals surface area contributed by atoms with Gasteiger partial charge in [0.2, 0.25) is 5.91 Å². The van der Waals surface area contributed by atoms with Crippen LogP contribution in [0.1, 0.15) is 45.4 Å². The minimum absolute atomic E-state index is 0.0148. The molecule has 3 atom stereocenters. The van der Waals surface area contributed by atoms with E-state index in [0.29, 0.717) is 19.3 Å². The van der Waals surface area contributed by atoms with Crippen molar-refractivity contribution < 1.29 is 23.2 Å². The van der Waals surface area contributed by atoms with E-state index in [9.17, 15) is 18.0 Å². The van der Waals surface area contributed by atoms with Crippen molar-refractivity contribution in [1.82, 2.24) is 5.32 Å². The number of halogens is 3. The molecule has 0 aromatic carbocycles. The van der Waals surface area contributed by atoms with Gasteiger partial charge in [-0.15, -0.1) is 0 Å². The summed E-state index contributed by atoms with van der Waals surface area (Å²) in [5.74, 6) is -2.40. The lowest BCUT2D eigenvalue weighted by Gasteiger charge is -2.30. The third-order valence-electron chi connectivity index (χ3n) is 3.93. The van der Waals surface area contributed by atoms with Gasteiger partial charge in [-0.25, -0.2) is 0 Å². The van der Waals surface area contributed by atoms with Crippen molar-refractivity contribution >= 4 is 11.7 Å². The molecule has 21 heavy (non-hydrogen) atoms. The first-order chi connectivity index (χ1) is 9.77. The van der Waals surface area contributed by atoms with Gasteiger partial charge in [0.05, 0.1) is 5.92 Å². The standard InChI is InChI=1S/C13H22F3N3O2/c1-2-10(7-11(17)19-21)18-12(20)8-4-3-5-9(6-8)13(14,15)16/h8-10,21H,2-7H2,1H3,(H2,17,19)(H,18,20). The summed E-state index contributed by atoms with van der Waals surface area (Å²) in [5, 5.41) is 14.0. The van der Waals surface area contributed by atoms with E-state index in [1.165, 1.54) is 0 Å². The molecule has 0 bridgehead atoms. The van der Waals surface area contributed by atoms with Gasteiger partial charge in [-0.2, -0.15) is 13.2 Å². The van der Waals surface area contributed by atoms with Gasteiger partial charge in [-0.05, 0) is 25.7 Å². The molecule has 0 heterocycles. The lowest BCUT2D eigenvalue weighted by molar-refractivity contribution is -0.186. The van der Waals surface area contributed by atoms with Crippen molar-refractivity contribution in [3.8, 4) is 0 Å². The zero-order chi connectivity index (χ0) is 16.0. The Labute approximate surface area is 121 Å². The smallest absolute Gasteiger partial charge is 0.391 e. The molecule has 4 N–H and O–H groups in total. The summed E-state index contributed by atoms with van der Waals surface area (Å²) in [6, 6.07) is -0.334. The highest BCUT2D eigenvalue weighted by molar-refractivity contribution is 5.82. The number of hydrogen-bond acceptors (Lipinski definition) is 3. The summed E-state index contributed by atoms with van der Waals surface area (Å²) < 4.78 is 38.2. The third-order valence-corrected chi connectivity index (χ3v) is 3.93. The fourth-order valence-corrected chi connectivity index (χ4v) is 2.63. The number of nitrogens with one attached hydrogen (secondary N) is 1. The molecular formula is C13H22F3N3O2. The molecule has 122 valence electrons. The Bertz CT molecular complexity index is 385. The summed E-state index contributed by atoms with van der Waals surface area (Å²) in [4.78, 5) is 12.1. The lowest BCUT2D eigenvalue weighted by atomic mass is 9.80. The normalized spacial score (nSPS) is 25.4. The number of alkyl halides is 3. The highest BCUT2D eigenvalue weighted by atomic mass is 19.4. The second-order valence-electron chi connectivity index (χ2n) is 5.51. The molecular weight excluding hydrogens is 287 g/mol. The van der Waals surface area contributed by atoms with Crippen LogP contribution in [0.4, 0.5) is 13.2 Å². The molecule has 5 nitrogen and oxygen atoms in total. The Hall–Kier alpha value is -1.47. The van der Waals surface area contributed by atoms with E-state index in [1.807, 2.05) is 6.92 Å². The van der Waals surface area contributed by atoms with Crippen LogP contribution >= 0.6 is 0 Å². The van der Waals surface area contributed by atoms with Crippen molar-refractivity contribution in [3.05, 3.63) is 0 Å². The quantitative estimate of drug-likeness (QED) is 0.315. The van der Waals surface area contributed by atoms with Gasteiger partial charge in [0.25, 0.3) is 0 Å². The van der Waals surface area contributed by atoms with E-state index >= 15 is 0 Å². The van der Waals surface area contributed by atoms with Crippen molar-refractivity contribution in [2.75, 3.05) is 0 Å². The minimum atomic E-state index is -4.24. The molecule has 1 saturated carbocycles. The summed E-state index contributed by atoms with van der Waals surface area (Å²) in [6.45, 7) is 1.81. The Morgan fingerprint density at radius 3 is 2.67 bits per heavy atom. The summed E-state index contributed by atoms with van der Waals surface area (Å²) in [5.41, 5.74) is 5.38. The fraction of sp³-hybridized carbons (Fsp3) is 0.846. The zero-order valence-electron chi connectivity index (χ0n) is 12.0. The van der Waals surface area contributed by atoms with E-state index in [0.717, 1.165) is 0 Å². The van der Waals surface area contributed by atoms with Crippen LogP contribution < -0.4 is 11.1 Å². The first-order valence-electron chi connectivity index (χ1n) is 7.11. The van der Waals surface area contributed by atoms with E-state index in [2.05, 4.69) is 10.5 Å². The van der Waals surface area contributed by atoms with E-state index in [-0.39, 0.29) is 37.0 Å². The molecule has 3 unspecified atom stereocenters. The van der Waals surface area contributed by atoms with Crippen LogP contribution in [0.15, 0.2) is 5.16 Å². The molecule has 1 rings (SSSR count). The van der Waals surface area contributed by atoms with E-state index < -0.39 is 18.0 Å². The van der Waals surface area contributed by atoms with Crippen LogP contribution in [0, 0.1) is 11.8 Å². The third kappa shape index (κ3) is 5.43. The molecule has 0 spiro atoms. The highest BCUT2D eigenvalue weighted by Crippen LogP contribution is 2.39. The van der Waals surface area contributed by atoms with Crippen LogP contribution in [0.2, 0.25) is 0 Å². The Morgan fingerprint density at radius 1 is 1.48 bits per heavy atom. The number of hydrogen-bond donors (Lipinski definition) is 3. The minimum Gasteiger partial charge on any atom is -0.409 e. The van der Waals surface area contributed by atoms with Crippen molar-refractivity contribution in [2.24, 2.45) is 22.7 Å². The zero-order valence-corrected chi connectivity index (χ0v) is 12.0. The number of rotatable bonds is 5.